The highest BCUT2D eigenvalue weighted by atomic mass is 32.2. The predicted molar refractivity (Wildman–Crippen MR) is 83.0 cm³/mol. The van der Waals surface area contributed by atoms with Crippen LogP contribution < -0.4 is 5.73 Å². The van der Waals surface area contributed by atoms with E-state index in [2.05, 4.69) is 9.97 Å². The number of imidazole rings is 1. The van der Waals surface area contributed by atoms with Crippen molar-refractivity contribution in [2.75, 3.05) is 12.8 Å². The van der Waals surface area contributed by atoms with Gasteiger partial charge in [-0.25, -0.2) is 13.4 Å². The van der Waals surface area contributed by atoms with Gasteiger partial charge in [0.05, 0.1) is 15.9 Å². The third kappa shape index (κ3) is 2.96. The van der Waals surface area contributed by atoms with Gasteiger partial charge >= 0.3 is 0 Å². The normalized spacial score (nSPS) is 23.5. The Morgan fingerprint density at radius 1 is 1.29 bits per heavy atom. The molecule has 0 spiro atoms. The summed E-state index contributed by atoms with van der Waals surface area (Å²) in [7, 11) is -3.18. The van der Waals surface area contributed by atoms with Crippen molar-refractivity contribution >= 4 is 20.9 Å². The maximum atomic E-state index is 11.6. The Bertz CT molecular complexity index is 743. The topological polar surface area (TPSA) is 88.8 Å². The summed E-state index contributed by atoms with van der Waals surface area (Å²) in [6.07, 6.45) is 5.71. The molecule has 1 aliphatic carbocycles. The Balaban J connectivity index is 1.88. The zero-order chi connectivity index (χ0) is 15.0. The molecule has 6 heteroatoms. The summed E-state index contributed by atoms with van der Waals surface area (Å²) in [5.74, 6) is 2.05. The molecule has 0 atom stereocenters. The molecule has 2 aromatic rings. The first kappa shape index (κ1) is 14.5. The summed E-state index contributed by atoms with van der Waals surface area (Å²) in [4.78, 5) is 8.26. The van der Waals surface area contributed by atoms with Gasteiger partial charge in [0.15, 0.2) is 9.84 Å². The lowest BCUT2D eigenvalue weighted by Crippen LogP contribution is -2.21. The smallest absolute Gasteiger partial charge is 0.175 e. The molecule has 0 saturated heterocycles. The van der Waals surface area contributed by atoms with E-state index in [1.807, 2.05) is 0 Å². The molecule has 21 heavy (non-hydrogen) atoms. The second kappa shape index (κ2) is 5.42. The number of hydrogen-bond donors (Lipinski definition) is 2. The van der Waals surface area contributed by atoms with Crippen molar-refractivity contribution in [2.45, 2.75) is 36.5 Å². The molecule has 114 valence electrons. The number of nitrogens with one attached hydrogen (secondary N) is 1. The largest absolute Gasteiger partial charge is 0.342 e. The van der Waals surface area contributed by atoms with Gasteiger partial charge in [0.25, 0.3) is 0 Å². The Hall–Kier alpha value is -1.40. The van der Waals surface area contributed by atoms with Gasteiger partial charge in [0, 0.05) is 12.2 Å². The first-order chi connectivity index (χ1) is 9.97. The summed E-state index contributed by atoms with van der Waals surface area (Å²) in [6.45, 7) is 0.768. The predicted octanol–water partition coefficient (Wildman–Crippen LogP) is 2.20. The minimum Gasteiger partial charge on any atom is -0.342 e. The van der Waals surface area contributed by atoms with Crippen LogP contribution in [0.25, 0.3) is 11.0 Å². The van der Waals surface area contributed by atoms with Crippen LogP contribution in [-0.4, -0.2) is 31.2 Å². The van der Waals surface area contributed by atoms with E-state index in [0.717, 1.165) is 49.1 Å². The van der Waals surface area contributed by atoms with E-state index < -0.39 is 9.84 Å². The summed E-state index contributed by atoms with van der Waals surface area (Å²) < 4.78 is 23.2. The SMILES string of the molecule is CS(=O)(=O)c1ccc2nc(C3CCC(CN)CC3)[nH]c2c1. The standard InChI is InChI=1S/C15H21N3O2S/c1-21(19,20)12-6-7-13-14(8-12)18-15(17-13)11-4-2-10(9-16)3-5-11/h6-8,10-11H,2-5,9,16H2,1H3,(H,17,18). The summed E-state index contributed by atoms with van der Waals surface area (Å²) >= 11 is 0. The number of sulfone groups is 1. The molecule has 0 aliphatic heterocycles. The number of hydrogen-bond acceptors (Lipinski definition) is 4. The number of benzene rings is 1. The highest BCUT2D eigenvalue weighted by Crippen LogP contribution is 2.34. The number of nitrogens with zero attached hydrogens (tertiary/aromatic N) is 1. The van der Waals surface area contributed by atoms with Gasteiger partial charge in [-0.2, -0.15) is 0 Å². The molecule has 3 N–H and O–H groups in total. The van der Waals surface area contributed by atoms with E-state index in [-0.39, 0.29) is 0 Å². The zero-order valence-electron chi connectivity index (χ0n) is 12.2. The van der Waals surface area contributed by atoms with Crippen LogP contribution in [-0.2, 0) is 9.84 Å². The lowest BCUT2D eigenvalue weighted by atomic mass is 9.82. The number of rotatable bonds is 3. The van der Waals surface area contributed by atoms with Gasteiger partial charge in [-0.05, 0) is 56.3 Å². The van der Waals surface area contributed by atoms with Crippen molar-refractivity contribution in [1.29, 1.82) is 0 Å². The average Bonchev–Trinajstić information content (AvgIpc) is 2.89. The summed E-state index contributed by atoms with van der Waals surface area (Å²) in [6, 6.07) is 5.07. The Kier molecular flexibility index (Phi) is 3.75. The van der Waals surface area contributed by atoms with Crippen molar-refractivity contribution in [1.82, 2.24) is 9.97 Å². The maximum Gasteiger partial charge on any atom is 0.175 e. The van der Waals surface area contributed by atoms with Gasteiger partial charge in [-0.1, -0.05) is 0 Å². The monoisotopic (exact) mass is 307 g/mol. The number of aromatic amines is 1. The van der Waals surface area contributed by atoms with Gasteiger partial charge in [-0.3, -0.25) is 0 Å². The Morgan fingerprint density at radius 2 is 2.00 bits per heavy atom. The molecule has 5 nitrogen and oxygen atoms in total. The van der Waals surface area contributed by atoms with Crippen LogP contribution in [0.2, 0.25) is 0 Å². The molecule has 0 bridgehead atoms. The molecule has 0 amide bonds. The third-order valence-corrected chi connectivity index (χ3v) is 5.58. The molecule has 1 aromatic carbocycles. The molecular weight excluding hydrogens is 286 g/mol. The third-order valence-electron chi connectivity index (χ3n) is 4.47. The summed E-state index contributed by atoms with van der Waals surface area (Å²) in [5, 5.41) is 0. The molecule has 1 aliphatic rings. The Morgan fingerprint density at radius 3 is 2.62 bits per heavy atom. The number of aromatic nitrogens is 2. The van der Waals surface area contributed by atoms with Crippen LogP contribution in [0.1, 0.15) is 37.4 Å². The van der Waals surface area contributed by atoms with E-state index in [4.69, 9.17) is 5.73 Å². The van der Waals surface area contributed by atoms with Crippen molar-refractivity contribution in [3.63, 3.8) is 0 Å². The number of H-pyrrole nitrogens is 1. The highest BCUT2D eigenvalue weighted by Gasteiger charge is 2.24. The molecule has 1 saturated carbocycles. The van der Waals surface area contributed by atoms with Crippen molar-refractivity contribution in [3.8, 4) is 0 Å². The second-order valence-corrected chi connectivity index (χ2v) is 8.04. The lowest BCUT2D eigenvalue weighted by Gasteiger charge is -2.26. The van der Waals surface area contributed by atoms with E-state index in [1.54, 1.807) is 18.2 Å². The van der Waals surface area contributed by atoms with Crippen LogP contribution in [0.15, 0.2) is 23.1 Å². The zero-order valence-corrected chi connectivity index (χ0v) is 13.0. The van der Waals surface area contributed by atoms with Crippen LogP contribution in [0.4, 0.5) is 0 Å². The number of fused-ring (bicyclic) bond motifs is 1. The fourth-order valence-corrected chi connectivity index (χ4v) is 3.75. The van der Waals surface area contributed by atoms with E-state index >= 15 is 0 Å². The molecule has 0 unspecified atom stereocenters. The van der Waals surface area contributed by atoms with E-state index in [1.165, 1.54) is 6.26 Å². The van der Waals surface area contributed by atoms with Gasteiger partial charge in [0.2, 0.25) is 0 Å². The van der Waals surface area contributed by atoms with Gasteiger partial charge < -0.3 is 10.7 Å². The molecular formula is C15H21N3O2S. The van der Waals surface area contributed by atoms with Crippen LogP contribution in [0.3, 0.4) is 0 Å². The fourth-order valence-electron chi connectivity index (χ4n) is 3.10. The quantitative estimate of drug-likeness (QED) is 0.909. The first-order valence-corrected chi connectivity index (χ1v) is 9.26. The van der Waals surface area contributed by atoms with E-state index in [0.29, 0.717) is 16.7 Å². The van der Waals surface area contributed by atoms with Crippen molar-refractivity contribution in [3.05, 3.63) is 24.0 Å². The fraction of sp³-hybridized carbons (Fsp3) is 0.533. The van der Waals surface area contributed by atoms with Crippen LogP contribution in [0.5, 0.6) is 0 Å². The molecule has 1 fully saturated rings. The maximum absolute atomic E-state index is 11.6. The van der Waals surface area contributed by atoms with Crippen molar-refractivity contribution in [2.24, 2.45) is 11.7 Å². The average molecular weight is 307 g/mol. The summed E-state index contributed by atoms with van der Waals surface area (Å²) in [5.41, 5.74) is 7.36. The lowest BCUT2D eigenvalue weighted by molar-refractivity contribution is 0.326. The minimum absolute atomic E-state index is 0.331. The second-order valence-electron chi connectivity index (χ2n) is 6.03. The minimum atomic E-state index is -3.18. The van der Waals surface area contributed by atoms with Crippen LogP contribution >= 0.6 is 0 Å². The Labute approximate surface area is 124 Å². The molecule has 1 heterocycles. The number of nitrogens with two attached hydrogens (primary N) is 1. The van der Waals surface area contributed by atoms with E-state index in [9.17, 15) is 8.42 Å². The van der Waals surface area contributed by atoms with Gasteiger partial charge in [-0.15, -0.1) is 0 Å². The highest BCUT2D eigenvalue weighted by molar-refractivity contribution is 7.90. The molecule has 3 rings (SSSR count). The van der Waals surface area contributed by atoms with Crippen molar-refractivity contribution < 1.29 is 8.42 Å². The molecule has 0 radical (unpaired) electrons. The van der Waals surface area contributed by atoms with Gasteiger partial charge in [0.1, 0.15) is 5.82 Å². The first-order valence-electron chi connectivity index (χ1n) is 7.37. The van der Waals surface area contributed by atoms with Crippen LogP contribution in [0, 0.1) is 5.92 Å². The molecule has 1 aromatic heterocycles.